The maximum Gasteiger partial charge on any atom is 0.213 e. The molecule has 2 aromatic heterocycles. The van der Waals surface area contributed by atoms with Gasteiger partial charge in [0, 0.05) is 38.9 Å². The van der Waals surface area contributed by atoms with Gasteiger partial charge in [-0.15, -0.1) is 0 Å². The molecule has 3 rings (SSSR count). The molecule has 0 atom stereocenters. The zero-order valence-electron chi connectivity index (χ0n) is 17.5. The highest BCUT2D eigenvalue weighted by Gasteiger charge is 2.06. The average Bonchev–Trinajstić information content (AvgIpc) is 3.07. The van der Waals surface area contributed by atoms with E-state index in [4.69, 9.17) is 4.74 Å². The lowest BCUT2D eigenvalue weighted by molar-refractivity contribution is 0.305. The van der Waals surface area contributed by atoms with E-state index in [0.29, 0.717) is 19.0 Å². The van der Waals surface area contributed by atoms with Crippen molar-refractivity contribution >= 4 is 17.0 Å². The van der Waals surface area contributed by atoms with E-state index in [1.165, 1.54) is 5.52 Å². The molecule has 1 aromatic carbocycles. The van der Waals surface area contributed by atoms with Crippen molar-refractivity contribution in [2.75, 3.05) is 20.2 Å². The van der Waals surface area contributed by atoms with Crippen LogP contribution in [0, 0.1) is 6.92 Å². The number of rotatable bonds is 9. The Balaban J connectivity index is 1.43. The van der Waals surface area contributed by atoms with Crippen molar-refractivity contribution in [2.45, 2.75) is 39.8 Å². The van der Waals surface area contributed by atoms with Gasteiger partial charge in [-0.25, -0.2) is 9.97 Å². The van der Waals surface area contributed by atoms with Crippen molar-refractivity contribution in [1.29, 1.82) is 0 Å². The summed E-state index contributed by atoms with van der Waals surface area (Å²) in [6, 6.07) is 12.2. The van der Waals surface area contributed by atoms with Crippen LogP contribution in [0.2, 0.25) is 0 Å². The number of aryl methyl sites for hydroxylation is 2. The van der Waals surface area contributed by atoms with E-state index < -0.39 is 0 Å². The maximum absolute atomic E-state index is 5.51. The summed E-state index contributed by atoms with van der Waals surface area (Å²) >= 11 is 0. The van der Waals surface area contributed by atoms with E-state index in [1.54, 1.807) is 7.05 Å². The molecule has 2 heterocycles. The third-order valence-corrected chi connectivity index (χ3v) is 4.63. The number of nitrogens with one attached hydrogen (secondary N) is 2. The molecule has 0 fully saturated rings. The van der Waals surface area contributed by atoms with Crippen LogP contribution in [-0.4, -0.2) is 40.7 Å². The fourth-order valence-corrected chi connectivity index (χ4v) is 3.14. The molecular formula is C22H30N6O. The van der Waals surface area contributed by atoms with E-state index in [9.17, 15) is 0 Å². The largest absolute Gasteiger partial charge is 0.478 e. The number of hydrogen-bond donors (Lipinski definition) is 2. The molecule has 0 radical (unpaired) electrons. The summed E-state index contributed by atoms with van der Waals surface area (Å²) in [5, 5.41) is 6.69. The second-order valence-corrected chi connectivity index (χ2v) is 6.86. The van der Waals surface area contributed by atoms with Crippen LogP contribution in [0.25, 0.3) is 11.0 Å². The van der Waals surface area contributed by atoms with Gasteiger partial charge in [0.25, 0.3) is 0 Å². The van der Waals surface area contributed by atoms with E-state index >= 15 is 0 Å². The summed E-state index contributed by atoms with van der Waals surface area (Å²) in [7, 11) is 1.78. The average molecular weight is 395 g/mol. The Morgan fingerprint density at radius 2 is 2.03 bits per heavy atom. The molecule has 0 aliphatic rings. The molecule has 0 spiro atoms. The Kier molecular flexibility index (Phi) is 7.44. The Bertz CT molecular complexity index is 932. The first-order valence-electron chi connectivity index (χ1n) is 10.2. The minimum atomic E-state index is 0.659. The van der Waals surface area contributed by atoms with Crippen molar-refractivity contribution in [3.05, 3.63) is 54.0 Å². The second kappa shape index (κ2) is 10.5. The summed E-state index contributed by atoms with van der Waals surface area (Å²) < 4.78 is 7.78. The van der Waals surface area contributed by atoms with Crippen LogP contribution in [0.1, 0.15) is 31.2 Å². The van der Waals surface area contributed by atoms with Gasteiger partial charge >= 0.3 is 0 Å². The quantitative estimate of drug-likeness (QED) is 0.331. The number of imidazole rings is 1. The zero-order valence-corrected chi connectivity index (χ0v) is 17.5. The Labute approximate surface area is 172 Å². The number of pyridine rings is 1. The van der Waals surface area contributed by atoms with Gasteiger partial charge in [-0.3, -0.25) is 4.99 Å². The van der Waals surface area contributed by atoms with Gasteiger partial charge in [-0.2, -0.15) is 0 Å². The molecule has 3 aromatic rings. The summed E-state index contributed by atoms with van der Waals surface area (Å²) in [6.45, 7) is 7.23. The van der Waals surface area contributed by atoms with E-state index in [1.807, 2.05) is 24.4 Å². The minimum absolute atomic E-state index is 0.659. The lowest BCUT2D eigenvalue weighted by Crippen LogP contribution is -2.37. The fourth-order valence-electron chi connectivity index (χ4n) is 3.14. The number of nitrogens with zero attached hydrogens (tertiary/aromatic N) is 4. The van der Waals surface area contributed by atoms with E-state index in [0.717, 1.165) is 48.8 Å². The minimum Gasteiger partial charge on any atom is -0.478 e. The highest BCUT2D eigenvalue weighted by Crippen LogP contribution is 2.15. The van der Waals surface area contributed by atoms with Gasteiger partial charge in [-0.05, 0) is 37.5 Å². The summed E-state index contributed by atoms with van der Waals surface area (Å²) in [5.74, 6) is 2.50. The first-order valence-corrected chi connectivity index (χ1v) is 10.2. The van der Waals surface area contributed by atoms with Crippen molar-refractivity contribution in [3.8, 4) is 5.88 Å². The van der Waals surface area contributed by atoms with Crippen LogP contribution < -0.4 is 15.4 Å². The predicted molar refractivity (Wildman–Crippen MR) is 117 cm³/mol. The number of aromatic nitrogens is 3. The molecule has 0 aliphatic heterocycles. The van der Waals surface area contributed by atoms with E-state index in [2.05, 4.69) is 62.2 Å². The van der Waals surface area contributed by atoms with Crippen molar-refractivity contribution < 1.29 is 4.74 Å². The first kappa shape index (κ1) is 20.6. The maximum atomic E-state index is 5.51. The van der Waals surface area contributed by atoms with Crippen LogP contribution in [0.5, 0.6) is 5.88 Å². The number of para-hydroxylation sites is 2. The molecule has 0 saturated carbocycles. The van der Waals surface area contributed by atoms with Crippen LogP contribution in [0.3, 0.4) is 0 Å². The summed E-state index contributed by atoms with van der Waals surface area (Å²) in [4.78, 5) is 13.2. The molecule has 29 heavy (non-hydrogen) atoms. The Hall–Kier alpha value is -3.09. The number of benzene rings is 1. The molecule has 0 unspecified atom stereocenters. The van der Waals surface area contributed by atoms with Gasteiger partial charge in [-0.1, -0.05) is 25.1 Å². The smallest absolute Gasteiger partial charge is 0.213 e. The van der Waals surface area contributed by atoms with Crippen molar-refractivity contribution in [1.82, 2.24) is 25.2 Å². The number of hydrogen-bond acceptors (Lipinski definition) is 4. The lowest BCUT2D eigenvalue weighted by atomic mass is 10.3. The van der Waals surface area contributed by atoms with Gasteiger partial charge in [0.1, 0.15) is 5.82 Å². The standard InChI is InChI=1S/C22H30N6O/c1-4-14-29-21-11-10-18(15-25-21)16-26-22(23-3)24-12-7-13-28-17(2)27-19-8-5-6-9-20(19)28/h5-6,8-11,15H,4,7,12-14,16H2,1-3H3,(H2,23,24,26). The fraction of sp³-hybridized carbons (Fsp3) is 0.409. The third kappa shape index (κ3) is 5.70. The molecule has 0 bridgehead atoms. The second-order valence-electron chi connectivity index (χ2n) is 6.86. The lowest BCUT2D eigenvalue weighted by Gasteiger charge is -2.13. The number of guanidine groups is 1. The summed E-state index contributed by atoms with van der Waals surface area (Å²) in [5.41, 5.74) is 3.32. The van der Waals surface area contributed by atoms with E-state index in [-0.39, 0.29) is 0 Å². The normalized spacial score (nSPS) is 11.6. The van der Waals surface area contributed by atoms with Gasteiger partial charge in [0.2, 0.25) is 5.88 Å². The van der Waals surface area contributed by atoms with Crippen LogP contribution in [-0.2, 0) is 13.1 Å². The Morgan fingerprint density at radius 1 is 1.17 bits per heavy atom. The highest BCUT2D eigenvalue weighted by molar-refractivity contribution is 5.79. The van der Waals surface area contributed by atoms with Crippen LogP contribution in [0.15, 0.2) is 47.6 Å². The molecule has 0 aliphatic carbocycles. The number of fused-ring (bicyclic) bond motifs is 1. The molecule has 154 valence electrons. The first-order chi connectivity index (χ1) is 14.2. The monoisotopic (exact) mass is 394 g/mol. The number of aliphatic imine (C=N–C) groups is 1. The van der Waals surface area contributed by atoms with Crippen molar-refractivity contribution in [3.63, 3.8) is 0 Å². The predicted octanol–water partition coefficient (Wildman–Crippen LogP) is 3.28. The van der Waals surface area contributed by atoms with Crippen LogP contribution in [0.4, 0.5) is 0 Å². The topological polar surface area (TPSA) is 76.4 Å². The van der Waals surface area contributed by atoms with Crippen LogP contribution >= 0.6 is 0 Å². The van der Waals surface area contributed by atoms with Crippen molar-refractivity contribution in [2.24, 2.45) is 4.99 Å². The van der Waals surface area contributed by atoms with Gasteiger partial charge in [0.05, 0.1) is 17.6 Å². The molecule has 0 amide bonds. The molecule has 0 saturated heterocycles. The highest BCUT2D eigenvalue weighted by atomic mass is 16.5. The third-order valence-electron chi connectivity index (χ3n) is 4.63. The number of ether oxygens (including phenoxy) is 1. The molecular weight excluding hydrogens is 364 g/mol. The zero-order chi connectivity index (χ0) is 20.5. The molecule has 2 N–H and O–H groups in total. The van der Waals surface area contributed by atoms with Gasteiger partial charge in [0.15, 0.2) is 5.96 Å². The molecule has 7 heteroatoms. The molecule has 7 nitrogen and oxygen atoms in total. The SMILES string of the molecule is CCCOc1ccc(CNC(=NC)NCCCn2c(C)nc3ccccc32)cn1. The Morgan fingerprint density at radius 3 is 2.79 bits per heavy atom. The summed E-state index contributed by atoms with van der Waals surface area (Å²) in [6.07, 6.45) is 3.79. The van der Waals surface area contributed by atoms with Gasteiger partial charge < -0.3 is 19.9 Å².